The van der Waals surface area contributed by atoms with Crippen LogP contribution in [0.5, 0.6) is 5.75 Å². The first-order chi connectivity index (χ1) is 12.1. The van der Waals surface area contributed by atoms with E-state index in [-0.39, 0.29) is 17.1 Å². The van der Waals surface area contributed by atoms with Gasteiger partial charge in [0.05, 0.1) is 12.0 Å². The zero-order chi connectivity index (χ0) is 17.8. The third-order valence-corrected chi connectivity index (χ3v) is 3.46. The summed E-state index contributed by atoms with van der Waals surface area (Å²) in [6.07, 6.45) is 0. The SMILES string of the molecule is COc1cccc(C(=O)Nc2cc(-c3ccccc3)on2)c1[N+](=O)[O-]. The Bertz CT molecular complexity index is 921. The maximum atomic E-state index is 12.4. The van der Waals surface area contributed by atoms with E-state index in [1.54, 1.807) is 6.07 Å². The van der Waals surface area contributed by atoms with Crippen molar-refractivity contribution < 1.29 is 19.0 Å². The van der Waals surface area contributed by atoms with Gasteiger partial charge in [-0.15, -0.1) is 0 Å². The van der Waals surface area contributed by atoms with Crippen molar-refractivity contribution in [3.05, 3.63) is 70.3 Å². The molecule has 25 heavy (non-hydrogen) atoms. The minimum absolute atomic E-state index is 0.00257. The molecule has 0 aliphatic heterocycles. The summed E-state index contributed by atoms with van der Waals surface area (Å²) in [6.45, 7) is 0. The summed E-state index contributed by atoms with van der Waals surface area (Å²) in [7, 11) is 1.30. The molecule has 0 fully saturated rings. The zero-order valence-electron chi connectivity index (χ0n) is 13.1. The summed E-state index contributed by atoms with van der Waals surface area (Å²) in [4.78, 5) is 23.0. The Morgan fingerprint density at radius 1 is 1.20 bits per heavy atom. The van der Waals surface area contributed by atoms with Crippen LogP contribution in [0.25, 0.3) is 11.3 Å². The molecule has 3 aromatic rings. The van der Waals surface area contributed by atoms with Crippen molar-refractivity contribution in [3.8, 4) is 17.1 Å². The van der Waals surface area contributed by atoms with Crippen LogP contribution in [-0.2, 0) is 0 Å². The molecule has 0 saturated heterocycles. The van der Waals surface area contributed by atoms with Gasteiger partial charge in [-0.25, -0.2) is 0 Å². The fourth-order valence-corrected chi connectivity index (χ4v) is 2.31. The number of hydrogen-bond acceptors (Lipinski definition) is 6. The molecule has 1 N–H and O–H groups in total. The molecule has 0 saturated carbocycles. The first-order valence-electron chi connectivity index (χ1n) is 7.25. The highest BCUT2D eigenvalue weighted by molar-refractivity contribution is 6.07. The number of nitro benzene ring substituents is 1. The molecule has 3 rings (SSSR count). The van der Waals surface area contributed by atoms with Crippen LogP contribution >= 0.6 is 0 Å². The van der Waals surface area contributed by atoms with Crippen LogP contribution in [0.2, 0.25) is 0 Å². The Kier molecular flexibility index (Phi) is 4.42. The highest BCUT2D eigenvalue weighted by atomic mass is 16.6. The molecule has 1 heterocycles. The maximum Gasteiger partial charge on any atom is 0.323 e. The molecule has 1 aromatic heterocycles. The lowest BCUT2D eigenvalue weighted by atomic mass is 10.1. The van der Waals surface area contributed by atoms with Crippen LogP contribution in [0.15, 0.2) is 59.1 Å². The van der Waals surface area contributed by atoms with Gasteiger partial charge >= 0.3 is 5.69 Å². The summed E-state index contributed by atoms with van der Waals surface area (Å²) < 4.78 is 10.1. The molecular weight excluding hydrogens is 326 g/mol. The summed E-state index contributed by atoms with van der Waals surface area (Å²) in [5.41, 5.74) is 0.255. The number of benzene rings is 2. The van der Waals surface area contributed by atoms with E-state index in [4.69, 9.17) is 9.26 Å². The first-order valence-corrected chi connectivity index (χ1v) is 7.25. The molecule has 0 aliphatic rings. The Morgan fingerprint density at radius 3 is 2.64 bits per heavy atom. The largest absolute Gasteiger partial charge is 0.490 e. The fraction of sp³-hybridized carbons (Fsp3) is 0.0588. The van der Waals surface area contributed by atoms with E-state index in [1.165, 1.54) is 25.3 Å². The number of carbonyl (C=O) groups is 1. The standard InChI is InChI=1S/C17H13N3O5/c1-24-13-9-5-8-12(16(13)20(22)23)17(21)18-15-10-14(25-19-15)11-6-3-2-4-7-11/h2-10H,1H3,(H,18,19,21). The van der Waals surface area contributed by atoms with Gasteiger partial charge in [0.2, 0.25) is 0 Å². The summed E-state index contributed by atoms with van der Waals surface area (Å²) in [5, 5.41) is 17.5. The van der Waals surface area contributed by atoms with Crippen molar-refractivity contribution in [1.29, 1.82) is 0 Å². The van der Waals surface area contributed by atoms with Crippen molar-refractivity contribution in [2.45, 2.75) is 0 Å². The molecule has 8 nitrogen and oxygen atoms in total. The molecule has 126 valence electrons. The number of nitrogens with zero attached hydrogens (tertiary/aromatic N) is 2. The quantitative estimate of drug-likeness (QED) is 0.563. The van der Waals surface area contributed by atoms with Gasteiger partial charge < -0.3 is 14.6 Å². The van der Waals surface area contributed by atoms with Gasteiger partial charge in [0, 0.05) is 11.6 Å². The van der Waals surface area contributed by atoms with E-state index < -0.39 is 16.5 Å². The Morgan fingerprint density at radius 2 is 1.96 bits per heavy atom. The third-order valence-electron chi connectivity index (χ3n) is 3.46. The molecular formula is C17H13N3O5. The van der Waals surface area contributed by atoms with E-state index >= 15 is 0 Å². The number of carbonyl (C=O) groups excluding carboxylic acids is 1. The van der Waals surface area contributed by atoms with Crippen LogP contribution in [-0.4, -0.2) is 23.1 Å². The van der Waals surface area contributed by atoms with E-state index in [1.807, 2.05) is 30.3 Å². The number of ether oxygens (including phenoxy) is 1. The normalized spacial score (nSPS) is 10.3. The average molecular weight is 339 g/mol. The van der Waals surface area contributed by atoms with Crippen molar-refractivity contribution in [2.75, 3.05) is 12.4 Å². The van der Waals surface area contributed by atoms with Gasteiger partial charge in [0.1, 0.15) is 5.56 Å². The number of nitro groups is 1. The number of anilines is 1. The lowest BCUT2D eigenvalue weighted by molar-refractivity contribution is -0.386. The predicted octanol–water partition coefficient (Wildman–Crippen LogP) is 3.51. The summed E-state index contributed by atoms with van der Waals surface area (Å²) in [6, 6.07) is 15.0. The van der Waals surface area contributed by atoms with Crippen LogP contribution < -0.4 is 10.1 Å². The number of amides is 1. The summed E-state index contributed by atoms with van der Waals surface area (Å²) >= 11 is 0. The van der Waals surface area contributed by atoms with Gasteiger partial charge in [-0.2, -0.15) is 0 Å². The number of rotatable bonds is 5. The number of methoxy groups -OCH3 is 1. The highest BCUT2D eigenvalue weighted by Gasteiger charge is 2.25. The molecule has 0 spiro atoms. The first kappa shape index (κ1) is 16.2. The van der Waals surface area contributed by atoms with E-state index in [2.05, 4.69) is 10.5 Å². The van der Waals surface area contributed by atoms with Crippen molar-refractivity contribution >= 4 is 17.4 Å². The lowest BCUT2D eigenvalue weighted by Crippen LogP contribution is -2.14. The highest BCUT2D eigenvalue weighted by Crippen LogP contribution is 2.31. The molecule has 0 radical (unpaired) electrons. The lowest BCUT2D eigenvalue weighted by Gasteiger charge is -2.06. The average Bonchev–Trinajstić information content (AvgIpc) is 3.10. The second-order valence-electron chi connectivity index (χ2n) is 5.01. The van der Waals surface area contributed by atoms with Crippen molar-refractivity contribution in [1.82, 2.24) is 5.16 Å². The van der Waals surface area contributed by atoms with E-state index in [9.17, 15) is 14.9 Å². The predicted molar refractivity (Wildman–Crippen MR) is 89.5 cm³/mol. The van der Waals surface area contributed by atoms with Gasteiger partial charge in [-0.05, 0) is 12.1 Å². The minimum atomic E-state index is -0.682. The minimum Gasteiger partial charge on any atom is -0.490 e. The maximum absolute atomic E-state index is 12.4. The zero-order valence-corrected chi connectivity index (χ0v) is 13.1. The van der Waals surface area contributed by atoms with E-state index in [0.717, 1.165) is 5.56 Å². The van der Waals surface area contributed by atoms with Crippen LogP contribution in [0.4, 0.5) is 11.5 Å². The number of aromatic nitrogens is 1. The third kappa shape index (κ3) is 3.32. The second-order valence-corrected chi connectivity index (χ2v) is 5.01. The summed E-state index contributed by atoms with van der Waals surface area (Å²) in [5.74, 6) is -0.0571. The number of hydrogen-bond donors (Lipinski definition) is 1. The Labute approximate surface area is 142 Å². The van der Waals surface area contributed by atoms with Gasteiger partial charge in [-0.3, -0.25) is 14.9 Å². The molecule has 1 amide bonds. The fourth-order valence-electron chi connectivity index (χ4n) is 2.31. The Balaban J connectivity index is 1.87. The number of para-hydroxylation sites is 1. The molecule has 0 bridgehead atoms. The molecule has 0 unspecified atom stereocenters. The van der Waals surface area contributed by atoms with Crippen LogP contribution in [0, 0.1) is 10.1 Å². The van der Waals surface area contributed by atoms with Gasteiger partial charge in [0.15, 0.2) is 17.3 Å². The monoisotopic (exact) mass is 339 g/mol. The van der Waals surface area contributed by atoms with Gasteiger partial charge in [-0.1, -0.05) is 41.6 Å². The smallest absolute Gasteiger partial charge is 0.323 e. The molecule has 2 aromatic carbocycles. The van der Waals surface area contributed by atoms with Crippen LogP contribution in [0.1, 0.15) is 10.4 Å². The van der Waals surface area contributed by atoms with E-state index in [0.29, 0.717) is 5.76 Å². The number of nitrogens with one attached hydrogen (secondary N) is 1. The Hall–Kier alpha value is -3.68. The van der Waals surface area contributed by atoms with Crippen LogP contribution in [0.3, 0.4) is 0 Å². The molecule has 8 heteroatoms. The van der Waals surface area contributed by atoms with Gasteiger partial charge in [0.25, 0.3) is 5.91 Å². The van der Waals surface area contributed by atoms with Crippen molar-refractivity contribution in [2.24, 2.45) is 0 Å². The topological polar surface area (TPSA) is 108 Å². The van der Waals surface area contributed by atoms with Crippen molar-refractivity contribution in [3.63, 3.8) is 0 Å². The second kappa shape index (κ2) is 6.83. The molecule has 0 aliphatic carbocycles. The molecule has 0 atom stereocenters.